The Labute approximate surface area is 120 Å². The van der Waals surface area contributed by atoms with Crippen molar-refractivity contribution in [2.45, 2.75) is 13.5 Å². The average molecular weight is 294 g/mol. The van der Waals surface area contributed by atoms with Crippen LogP contribution in [0.3, 0.4) is 0 Å². The number of nitro benzene ring substituents is 1. The van der Waals surface area contributed by atoms with E-state index in [2.05, 4.69) is 0 Å². The predicted molar refractivity (Wildman–Crippen MR) is 75.3 cm³/mol. The van der Waals surface area contributed by atoms with Crippen molar-refractivity contribution in [1.82, 2.24) is 0 Å². The second kappa shape index (κ2) is 5.90. The quantitative estimate of drug-likeness (QED) is 0.686. The molecular weight excluding hydrogens is 282 g/mol. The molecule has 0 bridgehead atoms. The Balaban J connectivity index is 2.37. The van der Waals surface area contributed by atoms with E-state index < -0.39 is 4.92 Å². The number of aliphatic hydroxyl groups is 1. The van der Waals surface area contributed by atoms with Crippen molar-refractivity contribution >= 4 is 17.3 Å². The van der Waals surface area contributed by atoms with Crippen LogP contribution in [0, 0.1) is 17.0 Å². The van der Waals surface area contributed by atoms with Gasteiger partial charge in [-0.05, 0) is 42.3 Å². The number of halogens is 1. The Kier molecular flexibility index (Phi) is 4.22. The van der Waals surface area contributed by atoms with E-state index >= 15 is 0 Å². The lowest BCUT2D eigenvalue weighted by Gasteiger charge is -2.08. The third-order valence-corrected chi connectivity index (χ3v) is 3.18. The molecule has 104 valence electrons. The monoisotopic (exact) mass is 293 g/mol. The Morgan fingerprint density at radius 2 is 2.05 bits per heavy atom. The van der Waals surface area contributed by atoms with Gasteiger partial charge < -0.3 is 9.84 Å². The van der Waals surface area contributed by atoms with Crippen LogP contribution in [-0.2, 0) is 6.61 Å². The van der Waals surface area contributed by atoms with Crippen LogP contribution in [0.2, 0.25) is 5.02 Å². The van der Waals surface area contributed by atoms with Crippen molar-refractivity contribution in [3.63, 3.8) is 0 Å². The number of hydrogen-bond acceptors (Lipinski definition) is 4. The molecule has 0 atom stereocenters. The molecule has 0 aromatic heterocycles. The third-order valence-electron chi connectivity index (χ3n) is 2.76. The van der Waals surface area contributed by atoms with E-state index in [0.717, 1.165) is 5.56 Å². The van der Waals surface area contributed by atoms with Gasteiger partial charge >= 0.3 is 5.69 Å². The second-order valence-corrected chi connectivity index (χ2v) is 4.64. The summed E-state index contributed by atoms with van der Waals surface area (Å²) in [6.07, 6.45) is 0. The first-order valence-corrected chi connectivity index (χ1v) is 6.21. The van der Waals surface area contributed by atoms with Gasteiger partial charge in [-0.15, -0.1) is 0 Å². The van der Waals surface area contributed by atoms with Gasteiger partial charge in [-0.2, -0.15) is 0 Å². The summed E-state index contributed by atoms with van der Waals surface area (Å²) >= 11 is 5.91. The first-order valence-electron chi connectivity index (χ1n) is 5.83. The van der Waals surface area contributed by atoms with Crippen LogP contribution in [0.15, 0.2) is 36.4 Å². The molecule has 2 rings (SSSR count). The van der Waals surface area contributed by atoms with Crippen molar-refractivity contribution < 1.29 is 14.8 Å². The molecular formula is C14H12ClNO4. The number of nitrogens with zero attached hydrogens (tertiary/aromatic N) is 1. The molecule has 2 aromatic carbocycles. The highest BCUT2D eigenvalue weighted by Crippen LogP contribution is 2.33. The maximum absolute atomic E-state index is 11.0. The number of nitro groups is 1. The first kappa shape index (κ1) is 14.3. The summed E-state index contributed by atoms with van der Waals surface area (Å²) in [6.45, 7) is 1.56. The molecule has 0 heterocycles. The van der Waals surface area contributed by atoms with E-state index in [1.54, 1.807) is 24.3 Å². The number of aliphatic hydroxyl groups excluding tert-OH is 1. The number of aryl methyl sites for hydroxylation is 1. The number of benzene rings is 2. The van der Waals surface area contributed by atoms with Crippen molar-refractivity contribution in [3.8, 4) is 11.5 Å². The molecule has 0 aliphatic rings. The van der Waals surface area contributed by atoms with Gasteiger partial charge in [-0.1, -0.05) is 17.7 Å². The van der Waals surface area contributed by atoms with Gasteiger partial charge in [0.2, 0.25) is 5.75 Å². The zero-order chi connectivity index (χ0) is 14.7. The van der Waals surface area contributed by atoms with E-state index in [9.17, 15) is 10.1 Å². The molecule has 0 fully saturated rings. The molecule has 1 N–H and O–H groups in total. The molecule has 0 saturated carbocycles. The maximum Gasteiger partial charge on any atom is 0.311 e. The van der Waals surface area contributed by atoms with Gasteiger partial charge in [0.25, 0.3) is 0 Å². The van der Waals surface area contributed by atoms with Gasteiger partial charge in [-0.3, -0.25) is 10.1 Å². The van der Waals surface area contributed by atoms with Crippen LogP contribution in [0.25, 0.3) is 0 Å². The van der Waals surface area contributed by atoms with E-state index in [1.165, 1.54) is 12.1 Å². The van der Waals surface area contributed by atoms with Crippen molar-refractivity contribution in [2.24, 2.45) is 0 Å². The SMILES string of the molecule is Cc1cc(Oc2ccc(CO)cc2[N+](=O)[O-])ccc1Cl. The summed E-state index contributed by atoms with van der Waals surface area (Å²) in [5.74, 6) is 0.584. The molecule has 0 aliphatic heterocycles. The van der Waals surface area contributed by atoms with Crippen molar-refractivity contribution in [3.05, 3.63) is 62.7 Å². The fraction of sp³-hybridized carbons (Fsp3) is 0.143. The summed E-state index contributed by atoms with van der Waals surface area (Å²) in [4.78, 5) is 10.5. The van der Waals surface area contributed by atoms with E-state index in [1.807, 2.05) is 6.92 Å². The van der Waals surface area contributed by atoms with Crippen LogP contribution < -0.4 is 4.74 Å². The zero-order valence-electron chi connectivity index (χ0n) is 10.7. The summed E-state index contributed by atoms with van der Waals surface area (Å²) < 4.78 is 5.52. The van der Waals surface area contributed by atoms with Crippen LogP contribution in [-0.4, -0.2) is 10.0 Å². The Morgan fingerprint density at radius 1 is 1.30 bits per heavy atom. The van der Waals surface area contributed by atoms with Crippen molar-refractivity contribution in [2.75, 3.05) is 0 Å². The maximum atomic E-state index is 11.0. The van der Waals surface area contributed by atoms with Crippen LogP contribution in [0.5, 0.6) is 11.5 Å². The van der Waals surface area contributed by atoms with Gasteiger partial charge in [0.15, 0.2) is 0 Å². The summed E-state index contributed by atoms with van der Waals surface area (Å²) in [5, 5.41) is 20.6. The topological polar surface area (TPSA) is 72.6 Å². The number of ether oxygens (including phenoxy) is 1. The second-order valence-electron chi connectivity index (χ2n) is 4.23. The standard InChI is InChI=1S/C14H12ClNO4/c1-9-6-11(3-4-12(9)15)20-14-5-2-10(8-17)7-13(14)16(18)19/h2-7,17H,8H2,1H3. The summed E-state index contributed by atoms with van der Waals surface area (Å²) in [6, 6.07) is 9.34. The molecule has 0 aliphatic carbocycles. The molecule has 2 aromatic rings. The van der Waals surface area contributed by atoms with Crippen LogP contribution in [0.1, 0.15) is 11.1 Å². The molecule has 0 amide bonds. The molecule has 0 saturated heterocycles. The highest BCUT2D eigenvalue weighted by Gasteiger charge is 2.16. The smallest absolute Gasteiger partial charge is 0.311 e. The lowest BCUT2D eigenvalue weighted by molar-refractivity contribution is -0.385. The van der Waals surface area contributed by atoms with Crippen molar-refractivity contribution in [1.29, 1.82) is 0 Å². The highest BCUT2D eigenvalue weighted by molar-refractivity contribution is 6.31. The van der Waals surface area contributed by atoms with Gasteiger partial charge in [-0.25, -0.2) is 0 Å². The first-order chi connectivity index (χ1) is 9.51. The average Bonchev–Trinajstić information content (AvgIpc) is 2.43. The summed E-state index contributed by atoms with van der Waals surface area (Å²) in [7, 11) is 0. The van der Waals surface area contributed by atoms with E-state index in [4.69, 9.17) is 21.4 Å². The number of hydrogen-bond donors (Lipinski definition) is 1. The lowest BCUT2D eigenvalue weighted by atomic mass is 10.2. The third kappa shape index (κ3) is 3.07. The zero-order valence-corrected chi connectivity index (χ0v) is 11.4. The molecule has 0 spiro atoms. The van der Waals surface area contributed by atoms with Gasteiger partial charge in [0.1, 0.15) is 5.75 Å². The number of rotatable bonds is 4. The minimum atomic E-state index is -0.544. The minimum absolute atomic E-state index is 0.119. The normalized spacial score (nSPS) is 10.3. The van der Waals surface area contributed by atoms with Crippen LogP contribution >= 0.6 is 11.6 Å². The van der Waals surface area contributed by atoms with Gasteiger partial charge in [0, 0.05) is 11.1 Å². The molecule has 20 heavy (non-hydrogen) atoms. The minimum Gasteiger partial charge on any atom is -0.450 e. The predicted octanol–water partition coefficient (Wildman–Crippen LogP) is 3.84. The molecule has 0 radical (unpaired) electrons. The van der Waals surface area contributed by atoms with E-state index in [0.29, 0.717) is 16.3 Å². The fourth-order valence-corrected chi connectivity index (χ4v) is 1.82. The Hall–Kier alpha value is -2.11. The highest BCUT2D eigenvalue weighted by atomic mass is 35.5. The van der Waals surface area contributed by atoms with Crippen LogP contribution in [0.4, 0.5) is 5.69 Å². The fourth-order valence-electron chi connectivity index (χ4n) is 1.70. The Morgan fingerprint density at radius 3 is 2.65 bits per heavy atom. The summed E-state index contributed by atoms with van der Waals surface area (Å²) in [5.41, 5.74) is 1.08. The van der Waals surface area contributed by atoms with Gasteiger partial charge in [0.05, 0.1) is 11.5 Å². The molecule has 6 heteroatoms. The van der Waals surface area contributed by atoms with E-state index in [-0.39, 0.29) is 18.0 Å². The molecule has 5 nitrogen and oxygen atoms in total. The largest absolute Gasteiger partial charge is 0.450 e. The molecule has 0 unspecified atom stereocenters. The Bertz CT molecular complexity index is 658. The lowest BCUT2D eigenvalue weighted by Crippen LogP contribution is -1.95.